The standard InChI is InChI=1S/C25H31ClN4O3/c1-4-28-11-13-29(14-12-28)17-25(31)30-23(19-7-5-6-8-21(19)26)16-22(27-30)20-10-9-18(32-2)15-24(20)33-3/h5-10,15,23H,4,11-14,16-17H2,1-3H3. The van der Waals surface area contributed by atoms with Crippen molar-refractivity contribution in [1.29, 1.82) is 0 Å². The fraction of sp³-hybridized carbons (Fsp3) is 0.440. The van der Waals surface area contributed by atoms with E-state index >= 15 is 0 Å². The SMILES string of the molecule is CCN1CCN(CC(=O)N2N=C(c3ccc(OC)cc3OC)CC2c2ccccc2Cl)CC1. The predicted molar refractivity (Wildman–Crippen MR) is 130 cm³/mol. The molecule has 2 aromatic carbocycles. The number of rotatable bonds is 7. The monoisotopic (exact) mass is 470 g/mol. The molecule has 0 saturated carbocycles. The number of ether oxygens (including phenoxy) is 2. The third-order valence-corrected chi connectivity index (χ3v) is 6.76. The van der Waals surface area contributed by atoms with E-state index in [1.54, 1.807) is 19.2 Å². The minimum Gasteiger partial charge on any atom is -0.497 e. The van der Waals surface area contributed by atoms with Crippen molar-refractivity contribution in [2.75, 3.05) is 53.5 Å². The smallest absolute Gasteiger partial charge is 0.257 e. The highest BCUT2D eigenvalue weighted by atomic mass is 35.5. The zero-order valence-corrected chi connectivity index (χ0v) is 20.2. The Balaban J connectivity index is 1.62. The topological polar surface area (TPSA) is 57.6 Å². The molecule has 1 unspecified atom stereocenters. The number of halogens is 1. The van der Waals surface area contributed by atoms with Gasteiger partial charge in [0.15, 0.2) is 0 Å². The Labute approximate surface area is 200 Å². The summed E-state index contributed by atoms with van der Waals surface area (Å²) in [6.45, 7) is 7.28. The molecule has 2 heterocycles. The molecule has 0 bridgehead atoms. The molecule has 2 aliphatic heterocycles. The van der Waals surface area contributed by atoms with E-state index in [0.717, 1.165) is 49.6 Å². The number of hydrogen-bond acceptors (Lipinski definition) is 6. The summed E-state index contributed by atoms with van der Waals surface area (Å²) in [7, 11) is 3.24. The average molecular weight is 471 g/mol. The molecular weight excluding hydrogens is 440 g/mol. The maximum atomic E-state index is 13.5. The molecule has 1 saturated heterocycles. The third-order valence-electron chi connectivity index (χ3n) is 6.42. The second kappa shape index (κ2) is 10.5. The zero-order valence-electron chi connectivity index (χ0n) is 19.5. The summed E-state index contributed by atoms with van der Waals surface area (Å²) in [5.74, 6) is 1.35. The molecule has 4 rings (SSSR count). The van der Waals surface area contributed by atoms with Gasteiger partial charge in [-0.25, -0.2) is 5.01 Å². The minimum absolute atomic E-state index is 0.0210. The molecule has 2 aliphatic rings. The summed E-state index contributed by atoms with van der Waals surface area (Å²) in [4.78, 5) is 18.1. The van der Waals surface area contributed by atoms with Crippen molar-refractivity contribution >= 4 is 23.2 Å². The van der Waals surface area contributed by atoms with E-state index in [0.29, 0.717) is 29.5 Å². The van der Waals surface area contributed by atoms with E-state index in [1.165, 1.54) is 0 Å². The van der Waals surface area contributed by atoms with Gasteiger partial charge < -0.3 is 14.4 Å². The van der Waals surface area contributed by atoms with Gasteiger partial charge in [0, 0.05) is 49.3 Å². The van der Waals surface area contributed by atoms with Crippen molar-refractivity contribution in [3.8, 4) is 11.5 Å². The van der Waals surface area contributed by atoms with Crippen LogP contribution in [0.15, 0.2) is 47.6 Å². The highest BCUT2D eigenvalue weighted by molar-refractivity contribution is 6.31. The maximum Gasteiger partial charge on any atom is 0.257 e. The molecule has 176 valence electrons. The van der Waals surface area contributed by atoms with Crippen LogP contribution in [0.1, 0.15) is 30.5 Å². The molecule has 0 spiro atoms. The molecule has 2 aromatic rings. The van der Waals surface area contributed by atoms with Crippen LogP contribution in [0.25, 0.3) is 0 Å². The van der Waals surface area contributed by atoms with Crippen LogP contribution in [0, 0.1) is 0 Å². The van der Waals surface area contributed by atoms with E-state index in [2.05, 4.69) is 16.7 Å². The quantitative estimate of drug-likeness (QED) is 0.618. The number of likely N-dealkylation sites (N-methyl/N-ethyl adjacent to an activating group) is 1. The van der Waals surface area contributed by atoms with Crippen molar-refractivity contribution in [2.24, 2.45) is 5.10 Å². The summed E-state index contributed by atoms with van der Waals surface area (Å²) in [6.07, 6.45) is 0.557. The number of carbonyl (C=O) groups excluding carboxylic acids is 1. The lowest BCUT2D eigenvalue weighted by atomic mass is 9.97. The van der Waals surface area contributed by atoms with Crippen LogP contribution in [-0.2, 0) is 4.79 Å². The van der Waals surface area contributed by atoms with E-state index in [1.807, 2.05) is 42.5 Å². The van der Waals surface area contributed by atoms with Gasteiger partial charge in [-0.15, -0.1) is 0 Å². The van der Waals surface area contributed by atoms with E-state index in [4.69, 9.17) is 26.2 Å². The van der Waals surface area contributed by atoms with Crippen LogP contribution in [-0.4, -0.2) is 79.9 Å². The van der Waals surface area contributed by atoms with E-state index in [-0.39, 0.29) is 11.9 Å². The van der Waals surface area contributed by atoms with Gasteiger partial charge in [-0.2, -0.15) is 5.10 Å². The van der Waals surface area contributed by atoms with Gasteiger partial charge in [-0.05, 0) is 30.3 Å². The van der Waals surface area contributed by atoms with E-state index in [9.17, 15) is 4.79 Å². The second-order valence-corrected chi connectivity index (χ2v) is 8.71. The molecule has 8 heteroatoms. The van der Waals surface area contributed by atoms with Gasteiger partial charge in [0.2, 0.25) is 0 Å². The number of nitrogens with zero attached hydrogens (tertiary/aromatic N) is 4. The largest absolute Gasteiger partial charge is 0.497 e. The van der Waals surface area contributed by atoms with Gasteiger partial charge >= 0.3 is 0 Å². The molecule has 33 heavy (non-hydrogen) atoms. The van der Waals surface area contributed by atoms with Gasteiger partial charge in [-0.3, -0.25) is 9.69 Å². The number of benzene rings is 2. The Morgan fingerprint density at radius 3 is 2.45 bits per heavy atom. The number of methoxy groups -OCH3 is 2. The number of hydrazone groups is 1. The Morgan fingerprint density at radius 2 is 1.79 bits per heavy atom. The zero-order chi connectivity index (χ0) is 23.4. The van der Waals surface area contributed by atoms with Crippen molar-refractivity contribution < 1.29 is 14.3 Å². The van der Waals surface area contributed by atoms with Crippen LogP contribution in [0.2, 0.25) is 5.02 Å². The first kappa shape index (κ1) is 23.5. The van der Waals surface area contributed by atoms with Crippen LogP contribution >= 0.6 is 11.6 Å². The summed E-state index contributed by atoms with van der Waals surface area (Å²) in [6, 6.07) is 13.0. The Bertz CT molecular complexity index is 1020. The molecular formula is C25H31ClN4O3. The molecule has 0 aliphatic carbocycles. The molecule has 0 N–H and O–H groups in total. The fourth-order valence-corrected chi connectivity index (χ4v) is 4.72. The van der Waals surface area contributed by atoms with Gasteiger partial charge in [0.1, 0.15) is 11.5 Å². The Hall–Kier alpha value is -2.61. The van der Waals surface area contributed by atoms with Crippen molar-refractivity contribution in [3.05, 3.63) is 58.6 Å². The highest BCUT2D eigenvalue weighted by Gasteiger charge is 2.36. The first-order valence-corrected chi connectivity index (χ1v) is 11.7. The molecule has 1 fully saturated rings. The molecule has 1 amide bonds. The molecule has 0 aromatic heterocycles. The average Bonchev–Trinajstić information content (AvgIpc) is 3.29. The maximum absolute atomic E-state index is 13.5. The van der Waals surface area contributed by atoms with Crippen LogP contribution in [0.4, 0.5) is 0 Å². The third kappa shape index (κ3) is 5.16. The van der Waals surface area contributed by atoms with Crippen molar-refractivity contribution in [1.82, 2.24) is 14.8 Å². The lowest BCUT2D eigenvalue weighted by molar-refractivity contribution is -0.134. The number of carbonyl (C=O) groups is 1. The minimum atomic E-state index is -0.259. The summed E-state index contributed by atoms with van der Waals surface area (Å²) >= 11 is 6.54. The lowest BCUT2D eigenvalue weighted by Gasteiger charge is -2.34. The lowest BCUT2D eigenvalue weighted by Crippen LogP contribution is -2.49. The Morgan fingerprint density at radius 1 is 1.06 bits per heavy atom. The first-order chi connectivity index (χ1) is 16.0. The second-order valence-electron chi connectivity index (χ2n) is 8.30. The summed E-state index contributed by atoms with van der Waals surface area (Å²) in [5, 5.41) is 7.05. The van der Waals surface area contributed by atoms with Gasteiger partial charge in [0.05, 0.1) is 32.5 Å². The predicted octanol–water partition coefficient (Wildman–Crippen LogP) is 3.67. The van der Waals surface area contributed by atoms with E-state index < -0.39 is 0 Å². The first-order valence-electron chi connectivity index (χ1n) is 11.3. The van der Waals surface area contributed by atoms with Crippen LogP contribution in [0.5, 0.6) is 11.5 Å². The van der Waals surface area contributed by atoms with Gasteiger partial charge in [-0.1, -0.05) is 36.7 Å². The van der Waals surface area contributed by atoms with Crippen LogP contribution in [0.3, 0.4) is 0 Å². The number of amides is 1. The number of piperazine rings is 1. The fourth-order valence-electron chi connectivity index (χ4n) is 4.45. The summed E-state index contributed by atoms with van der Waals surface area (Å²) < 4.78 is 10.9. The van der Waals surface area contributed by atoms with Crippen LogP contribution < -0.4 is 9.47 Å². The number of hydrogen-bond donors (Lipinski definition) is 0. The van der Waals surface area contributed by atoms with Crippen molar-refractivity contribution in [2.45, 2.75) is 19.4 Å². The summed E-state index contributed by atoms with van der Waals surface area (Å²) in [5.41, 5.74) is 2.54. The Kier molecular flexibility index (Phi) is 7.53. The van der Waals surface area contributed by atoms with Crippen molar-refractivity contribution in [3.63, 3.8) is 0 Å². The molecule has 1 atom stereocenters. The molecule has 7 nitrogen and oxygen atoms in total. The normalized spacial score (nSPS) is 19.5. The molecule has 0 radical (unpaired) electrons. The highest BCUT2D eigenvalue weighted by Crippen LogP contribution is 2.38. The van der Waals surface area contributed by atoms with Gasteiger partial charge in [0.25, 0.3) is 5.91 Å².